The molecule has 0 aliphatic carbocycles. The van der Waals surface area contributed by atoms with E-state index in [4.69, 9.17) is 0 Å². The molecule has 1 aliphatic heterocycles. The highest BCUT2D eigenvalue weighted by atomic mass is 32.2. The molecule has 1 fully saturated rings. The van der Waals surface area contributed by atoms with E-state index in [9.17, 15) is 12.8 Å². The zero-order chi connectivity index (χ0) is 9.41. The SMILES string of the molecule is CCC1(C)CC(F)CS(=O)(=O)C1. The van der Waals surface area contributed by atoms with Crippen LogP contribution in [0.25, 0.3) is 0 Å². The lowest BCUT2D eigenvalue weighted by molar-refractivity contribution is 0.207. The standard InChI is InChI=1S/C8H15FO2S/c1-3-8(2)4-7(9)5-12(10,11)6-8/h7H,3-6H2,1-2H3. The van der Waals surface area contributed by atoms with Gasteiger partial charge in [-0.15, -0.1) is 0 Å². The van der Waals surface area contributed by atoms with Crippen molar-refractivity contribution in [2.24, 2.45) is 5.41 Å². The third kappa shape index (κ3) is 2.19. The van der Waals surface area contributed by atoms with Crippen molar-refractivity contribution in [2.75, 3.05) is 11.5 Å². The number of halogens is 1. The maximum Gasteiger partial charge on any atom is 0.153 e. The molecule has 0 aromatic carbocycles. The molecule has 0 saturated carbocycles. The van der Waals surface area contributed by atoms with Gasteiger partial charge in [0.05, 0.1) is 11.5 Å². The molecule has 0 aromatic rings. The van der Waals surface area contributed by atoms with E-state index < -0.39 is 16.0 Å². The Bertz CT molecular complexity index is 260. The monoisotopic (exact) mass is 194 g/mol. The van der Waals surface area contributed by atoms with E-state index in [0.717, 1.165) is 6.42 Å². The van der Waals surface area contributed by atoms with Crippen molar-refractivity contribution in [3.63, 3.8) is 0 Å². The van der Waals surface area contributed by atoms with Crippen LogP contribution in [0, 0.1) is 5.41 Å². The fourth-order valence-electron chi connectivity index (χ4n) is 1.76. The van der Waals surface area contributed by atoms with Crippen molar-refractivity contribution < 1.29 is 12.8 Å². The van der Waals surface area contributed by atoms with Crippen LogP contribution < -0.4 is 0 Å². The van der Waals surface area contributed by atoms with E-state index in [2.05, 4.69) is 0 Å². The zero-order valence-corrected chi connectivity index (χ0v) is 8.32. The molecule has 2 atom stereocenters. The summed E-state index contributed by atoms with van der Waals surface area (Å²) in [5, 5.41) is 0. The zero-order valence-electron chi connectivity index (χ0n) is 7.51. The molecular weight excluding hydrogens is 179 g/mol. The summed E-state index contributed by atoms with van der Waals surface area (Å²) in [6, 6.07) is 0. The van der Waals surface area contributed by atoms with Crippen LogP contribution in [-0.4, -0.2) is 26.1 Å². The fourth-order valence-corrected chi connectivity index (χ4v) is 3.93. The third-order valence-corrected chi connectivity index (χ3v) is 4.58. The van der Waals surface area contributed by atoms with Gasteiger partial charge in [-0.05, 0) is 18.3 Å². The summed E-state index contributed by atoms with van der Waals surface area (Å²) in [6.45, 7) is 3.75. The largest absolute Gasteiger partial charge is 0.246 e. The summed E-state index contributed by atoms with van der Waals surface area (Å²) in [5.41, 5.74) is -0.337. The van der Waals surface area contributed by atoms with Crippen LogP contribution in [0.15, 0.2) is 0 Å². The molecule has 0 amide bonds. The first-order valence-corrected chi connectivity index (χ1v) is 6.03. The first-order valence-electron chi connectivity index (χ1n) is 4.21. The number of rotatable bonds is 1. The highest BCUT2D eigenvalue weighted by Crippen LogP contribution is 2.35. The minimum Gasteiger partial charge on any atom is -0.246 e. The average Bonchev–Trinajstić information content (AvgIpc) is 1.82. The van der Waals surface area contributed by atoms with E-state index >= 15 is 0 Å². The van der Waals surface area contributed by atoms with Crippen LogP contribution in [0.3, 0.4) is 0 Å². The Morgan fingerprint density at radius 3 is 2.58 bits per heavy atom. The Morgan fingerprint density at radius 2 is 2.17 bits per heavy atom. The fraction of sp³-hybridized carbons (Fsp3) is 1.00. The minimum absolute atomic E-state index is 0.150. The van der Waals surface area contributed by atoms with Crippen molar-refractivity contribution in [1.82, 2.24) is 0 Å². The van der Waals surface area contributed by atoms with Gasteiger partial charge in [-0.25, -0.2) is 12.8 Å². The van der Waals surface area contributed by atoms with Gasteiger partial charge in [-0.2, -0.15) is 0 Å². The lowest BCUT2D eigenvalue weighted by Gasteiger charge is -2.33. The molecule has 72 valence electrons. The summed E-state index contributed by atoms with van der Waals surface area (Å²) >= 11 is 0. The van der Waals surface area contributed by atoms with Gasteiger partial charge in [0.2, 0.25) is 0 Å². The molecule has 0 spiro atoms. The van der Waals surface area contributed by atoms with Gasteiger partial charge in [-0.3, -0.25) is 0 Å². The van der Waals surface area contributed by atoms with Crippen LogP contribution in [0.1, 0.15) is 26.7 Å². The average molecular weight is 194 g/mol. The second-order valence-electron chi connectivity index (χ2n) is 4.02. The maximum atomic E-state index is 13.0. The lowest BCUT2D eigenvalue weighted by atomic mass is 9.84. The molecule has 4 heteroatoms. The predicted molar refractivity (Wildman–Crippen MR) is 46.6 cm³/mol. The third-order valence-electron chi connectivity index (χ3n) is 2.57. The second-order valence-corrected chi connectivity index (χ2v) is 6.13. The van der Waals surface area contributed by atoms with Gasteiger partial charge in [0.25, 0.3) is 0 Å². The van der Waals surface area contributed by atoms with Crippen molar-refractivity contribution in [3.8, 4) is 0 Å². The predicted octanol–water partition coefficient (Wildman–Crippen LogP) is 1.56. The van der Waals surface area contributed by atoms with Crippen molar-refractivity contribution in [3.05, 3.63) is 0 Å². The molecule has 0 radical (unpaired) electrons. The first-order chi connectivity index (χ1) is 5.37. The Kier molecular flexibility index (Phi) is 2.47. The second kappa shape index (κ2) is 2.98. The topological polar surface area (TPSA) is 34.1 Å². The molecular formula is C8H15FO2S. The Labute approximate surface area is 73.1 Å². The highest BCUT2D eigenvalue weighted by Gasteiger charge is 2.38. The summed E-state index contributed by atoms with van der Waals surface area (Å²) in [5.74, 6) is -0.125. The van der Waals surface area contributed by atoms with Crippen LogP contribution in [0.2, 0.25) is 0 Å². The van der Waals surface area contributed by atoms with E-state index in [0.29, 0.717) is 6.42 Å². The summed E-state index contributed by atoms with van der Waals surface area (Å²) in [4.78, 5) is 0. The van der Waals surface area contributed by atoms with Gasteiger partial charge < -0.3 is 0 Å². The van der Waals surface area contributed by atoms with Crippen molar-refractivity contribution >= 4 is 9.84 Å². The minimum atomic E-state index is -3.13. The summed E-state index contributed by atoms with van der Waals surface area (Å²) < 4.78 is 35.4. The lowest BCUT2D eigenvalue weighted by Crippen LogP contribution is -2.39. The van der Waals surface area contributed by atoms with E-state index in [1.54, 1.807) is 0 Å². The molecule has 0 bridgehead atoms. The van der Waals surface area contributed by atoms with Crippen LogP contribution in [0.4, 0.5) is 4.39 Å². The highest BCUT2D eigenvalue weighted by molar-refractivity contribution is 7.91. The summed E-state index contributed by atoms with van der Waals surface area (Å²) in [7, 11) is -3.13. The van der Waals surface area contributed by atoms with E-state index in [1.807, 2.05) is 13.8 Å². The molecule has 2 nitrogen and oxygen atoms in total. The van der Waals surface area contributed by atoms with Crippen LogP contribution in [-0.2, 0) is 9.84 Å². The first kappa shape index (κ1) is 9.96. The maximum absolute atomic E-state index is 13.0. The molecule has 1 heterocycles. The van der Waals surface area contributed by atoms with Gasteiger partial charge in [-0.1, -0.05) is 13.8 Å². The molecule has 1 saturated heterocycles. The Balaban J connectivity index is 2.84. The molecule has 0 N–H and O–H groups in total. The van der Waals surface area contributed by atoms with Crippen molar-refractivity contribution in [2.45, 2.75) is 32.9 Å². The van der Waals surface area contributed by atoms with Gasteiger partial charge in [0, 0.05) is 0 Å². The van der Waals surface area contributed by atoms with E-state index in [-0.39, 0.29) is 16.9 Å². The van der Waals surface area contributed by atoms with Crippen LogP contribution >= 0.6 is 0 Å². The van der Waals surface area contributed by atoms with Crippen molar-refractivity contribution in [1.29, 1.82) is 0 Å². The quantitative estimate of drug-likeness (QED) is 0.635. The molecule has 12 heavy (non-hydrogen) atoms. The Morgan fingerprint density at radius 1 is 1.58 bits per heavy atom. The number of hydrogen-bond acceptors (Lipinski definition) is 2. The van der Waals surface area contributed by atoms with Gasteiger partial charge in [0.15, 0.2) is 9.84 Å². The summed E-state index contributed by atoms with van der Waals surface area (Å²) in [6.07, 6.45) is -0.0382. The smallest absolute Gasteiger partial charge is 0.153 e. The number of hydrogen-bond donors (Lipinski definition) is 0. The Hall–Kier alpha value is -0.120. The number of sulfone groups is 1. The molecule has 2 unspecified atom stereocenters. The number of alkyl halides is 1. The molecule has 1 rings (SSSR count). The molecule has 1 aliphatic rings. The van der Waals surface area contributed by atoms with Crippen LogP contribution in [0.5, 0.6) is 0 Å². The normalized spacial score (nSPS) is 41.1. The molecule has 0 aromatic heterocycles. The van der Waals surface area contributed by atoms with E-state index in [1.165, 1.54) is 0 Å². The van der Waals surface area contributed by atoms with Gasteiger partial charge >= 0.3 is 0 Å². The van der Waals surface area contributed by atoms with Gasteiger partial charge in [0.1, 0.15) is 6.17 Å².